The van der Waals surface area contributed by atoms with Gasteiger partial charge in [-0.2, -0.15) is 0 Å². The van der Waals surface area contributed by atoms with Gasteiger partial charge in [-0.3, -0.25) is 4.90 Å². The Bertz CT molecular complexity index is 956. The van der Waals surface area contributed by atoms with Crippen molar-refractivity contribution in [2.75, 3.05) is 43.4 Å². The Kier molecular flexibility index (Phi) is 7.15. The monoisotopic (exact) mass is 450 g/mol. The highest BCUT2D eigenvalue weighted by Crippen LogP contribution is 2.30. The average molecular weight is 450 g/mol. The zero-order valence-corrected chi connectivity index (χ0v) is 17.2. The van der Waals surface area contributed by atoms with Crippen LogP contribution in [-0.4, -0.2) is 60.2 Å². The van der Waals surface area contributed by atoms with E-state index in [0.717, 1.165) is 11.8 Å². The topological polar surface area (TPSA) is 143 Å². The van der Waals surface area contributed by atoms with E-state index in [1.807, 2.05) is 4.90 Å². The molecular weight excluding hydrogens is 425 g/mol. The predicted octanol–water partition coefficient (Wildman–Crippen LogP) is 1.73. The lowest BCUT2D eigenvalue weighted by Gasteiger charge is -2.40. The van der Waals surface area contributed by atoms with E-state index in [-0.39, 0.29) is 17.6 Å². The fourth-order valence-corrected chi connectivity index (χ4v) is 3.74. The second-order valence-corrected chi connectivity index (χ2v) is 7.12. The van der Waals surface area contributed by atoms with Gasteiger partial charge in [-0.25, -0.2) is 9.97 Å². The van der Waals surface area contributed by atoms with E-state index in [9.17, 15) is 13.2 Å². The van der Waals surface area contributed by atoms with Crippen molar-refractivity contribution < 1.29 is 17.9 Å². The normalized spacial score (nSPS) is 16.6. The molecule has 2 heterocycles. The van der Waals surface area contributed by atoms with Crippen LogP contribution in [0, 0.1) is 5.41 Å². The molecule has 1 fully saturated rings. The van der Waals surface area contributed by atoms with Crippen LogP contribution in [0.15, 0.2) is 36.8 Å². The van der Waals surface area contributed by atoms with Gasteiger partial charge in [0.15, 0.2) is 0 Å². The Hall–Kier alpha value is -3.38. The largest absolute Gasteiger partial charge is 0.573 e. The molecule has 1 unspecified atom stereocenters. The maximum Gasteiger partial charge on any atom is 0.573 e. The minimum atomic E-state index is -4.73. The Morgan fingerprint density at radius 3 is 2.34 bits per heavy atom. The molecule has 3 rings (SSSR count). The Labute approximate surface area is 183 Å². The van der Waals surface area contributed by atoms with E-state index < -0.39 is 6.36 Å². The molecule has 1 aromatic carbocycles. The number of anilines is 2. The van der Waals surface area contributed by atoms with Gasteiger partial charge >= 0.3 is 6.36 Å². The first kappa shape index (κ1) is 23.3. The molecule has 0 bridgehead atoms. The van der Waals surface area contributed by atoms with Gasteiger partial charge in [0.25, 0.3) is 0 Å². The van der Waals surface area contributed by atoms with Crippen molar-refractivity contribution in [3.63, 3.8) is 0 Å². The molecule has 0 saturated carbocycles. The van der Waals surface area contributed by atoms with Crippen LogP contribution in [0.25, 0.3) is 5.57 Å². The number of benzene rings is 1. The number of halogens is 3. The van der Waals surface area contributed by atoms with Crippen LogP contribution < -0.4 is 26.8 Å². The first-order valence-corrected chi connectivity index (χ1v) is 9.85. The van der Waals surface area contributed by atoms with Gasteiger partial charge in [-0.1, -0.05) is 12.1 Å². The Morgan fingerprint density at radius 2 is 1.81 bits per heavy atom. The Balaban J connectivity index is 1.73. The number of allylic oxidation sites excluding steroid dienone is 1. The highest BCUT2D eigenvalue weighted by atomic mass is 19.4. The van der Waals surface area contributed by atoms with Gasteiger partial charge in [-0.15, -0.1) is 13.2 Å². The predicted molar refractivity (Wildman–Crippen MR) is 116 cm³/mol. The number of ether oxygens (including phenoxy) is 1. The molecule has 0 amide bonds. The molecule has 7 N–H and O–H groups in total. The number of nitrogens with one attached hydrogen (secondary N) is 1. The molecule has 0 aliphatic carbocycles. The molecule has 0 spiro atoms. The van der Waals surface area contributed by atoms with Crippen LogP contribution in [0.4, 0.5) is 24.8 Å². The van der Waals surface area contributed by atoms with E-state index >= 15 is 0 Å². The molecule has 12 heteroatoms. The first-order valence-electron chi connectivity index (χ1n) is 9.85. The molecule has 172 valence electrons. The van der Waals surface area contributed by atoms with E-state index in [0.29, 0.717) is 49.7 Å². The van der Waals surface area contributed by atoms with Crippen LogP contribution in [0.3, 0.4) is 0 Å². The van der Waals surface area contributed by atoms with Crippen molar-refractivity contribution >= 4 is 23.4 Å². The molecule has 1 aliphatic heterocycles. The van der Waals surface area contributed by atoms with Crippen molar-refractivity contribution in [1.29, 1.82) is 5.41 Å². The summed E-state index contributed by atoms with van der Waals surface area (Å²) in [5, 5.41) is 7.58. The third kappa shape index (κ3) is 5.26. The zero-order valence-electron chi connectivity index (χ0n) is 17.2. The summed E-state index contributed by atoms with van der Waals surface area (Å²) in [6.45, 7) is 2.78. The molecule has 1 atom stereocenters. The number of hydrogen-bond donors (Lipinski definition) is 4. The van der Waals surface area contributed by atoms with E-state index in [2.05, 4.69) is 19.6 Å². The van der Waals surface area contributed by atoms with Crippen LogP contribution in [-0.2, 0) is 0 Å². The highest BCUT2D eigenvalue weighted by molar-refractivity contribution is 6.12. The SMILES string of the molecule is N=C/C(=C\N)c1c(N)ncnc1N1CCN(C(CN)c2ccc(OC(F)(F)F)cc2)CC1. The van der Waals surface area contributed by atoms with Gasteiger partial charge in [-0.05, 0) is 17.7 Å². The first-order chi connectivity index (χ1) is 15.3. The summed E-state index contributed by atoms with van der Waals surface area (Å²) in [6.07, 6.45) is -0.971. The Morgan fingerprint density at radius 1 is 1.16 bits per heavy atom. The third-order valence-corrected chi connectivity index (χ3v) is 5.26. The lowest BCUT2D eigenvalue weighted by atomic mass is 10.0. The summed E-state index contributed by atoms with van der Waals surface area (Å²) >= 11 is 0. The van der Waals surface area contributed by atoms with Gasteiger partial charge in [0.05, 0.1) is 5.56 Å². The van der Waals surface area contributed by atoms with E-state index in [1.54, 1.807) is 12.1 Å². The summed E-state index contributed by atoms with van der Waals surface area (Å²) in [6, 6.07) is 5.60. The maximum absolute atomic E-state index is 12.4. The number of rotatable bonds is 7. The lowest BCUT2D eigenvalue weighted by Crippen LogP contribution is -2.49. The summed E-state index contributed by atoms with van der Waals surface area (Å²) in [5.41, 5.74) is 19.4. The second-order valence-electron chi connectivity index (χ2n) is 7.12. The van der Waals surface area contributed by atoms with Crippen molar-refractivity contribution in [2.24, 2.45) is 11.5 Å². The molecule has 1 aromatic heterocycles. The minimum absolute atomic E-state index is 0.159. The van der Waals surface area contributed by atoms with Gasteiger partial charge in [0.1, 0.15) is 23.7 Å². The van der Waals surface area contributed by atoms with Gasteiger partial charge < -0.3 is 32.2 Å². The number of hydrogen-bond acceptors (Lipinski definition) is 9. The number of nitrogens with two attached hydrogens (primary N) is 3. The molecule has 32 heavy (non-hydrogen) atoms. The van der Waals surface area contributed by atoms with Crippen LogP contribution >= 0.6 is 0 Å². The van der Waals surface area contributed by atoms with Crippen molar-refractivity contribution in [1.82, 2.24) is 14.9 Å². The average Bonchev–Trinajstić information content (AvgIpc) is 2.77. The number of alkyl halides is 3. The van der Waals surface area contributed by atoms with Crippen LogP contribution in [0.2, 0.25) is 0 Å². The number of nitrogens with zero attached hydrogens (tertiary/aromatic N) is 4. The van der Waals surface area contributed by atoms with Crippen molar-refractivity contribution in [3.8, 4) is 5.75 Å². The van der Waals surface area contributed by atoms with Gasteiger partial charge in [0.2, 0.25) is 0 Å². The summed E-state index contributed by atoms with van der Waals surface area (Å²) < 4.78 is 41.1. The second kappa shape index (κ2) is 9.83. The fraction of sp³-hybridized carbons (Fsp3) is 0.350. The van der Waals surface area contributed by atoms with E-state index in [4.69, 9.17) is 22.6 Å². The molecular formula is C20H25F3N8O. The smallest absolute Gasteiger partial charge is 0.406 e. The number of nitrogen functional groups attached to an aromatic ring is 1. The standard InChI is InChI=1S/C20H25F3N8O/c21-20(22,23)32-15-3-1-13(2-4-15)16(11-26)30-5-7-31(8-6-30)19-17(14(9-24)10-25)18(27)28-12-29-19/h1-4,9-10,12,16,24H,5-8,11,25-26H2,(H2,27,28,29)/b14-10+,24-9?. The maximum atomic E-state index is 12.4. The van der Waals surface area contributed by atoms with Crippen molar-refractivity contribution in [2.45, 2.75) is 12.4 Å². The lowest BCUT2D eigenvalue weighted by molar-refractivity contribution is -0.274. The van der Waals surface area contributed by atoms with Crippen LogP contribution in [0.1, 0.15) is 17.2 Å². The summed E-state index contributed by atoms with van der Waals surface area (Å²) in [5.74, 6) is 0.555. The van der Waals surface area contributed by atoms with Crippen LogP contribution in [0.5, 0.6) is 5.75 Å². The summed E-state index contributed by atoms with van der Waals surface area (Å²) in [7, 11) is 0. The third-order valence-electron chi connectivity index (χ3n) is 5.26. The van der Waals surface area contributed by atoms with Crippen molar-refractivity contribution in [3.05, 3.63) is 47.9 Å². The molecule has 2 aromatic rings. The fourth-order valence-electron chi connectivity index (χ4n) is 3.74. The molecule has 1 saturated heterocycles. The van der Waals surface area contributed by atoms with E-state index in [1.165, 1.54) is 24.7 Å². The molecule has 9 nitrogen and oxygen atoms in total. The molecule has 0 radical (unpaired) electrons. The zero-order chi connectivity index (χ0) is 23.3. The number of aromatic nitrogens is 2. The summed E-state index contributed by atoms with van der Waals surface area (Å²) in [4.78, 5) is 12.6. The minimum Gasteiger partial charge on any atom is -0.406 e. The van der Waals surface area contributed by atoms with Gasteiger partial charge in [0, 0.05) is 56.8 Å². The highest BCUT2D eigenvalue weighted by Gasteiger charge is 2.31. The number of piperazine rings is 1. The quantitative estimate of drug-likeness (QED) is 0.467. The molecule has 1 aliphatic rings.